The molecule has 3 amide bonds. The van der Waals surface area contributed by atoms with Crippen LogP contribution in [0.15, 0.2) is 54.6 Å². The zero-order valence-corrected chi connectivity index (χ0v) is 18.4. The molecule has 2 rings (SSSR count). The summed E-state index contributed by atoms with van der Waals surface area (Å²) < 4.78 is 5.08. The number of amides is 3. The molecule has 0 aromatic heterocycles. The minimum atomic E-state index is -0.375. The third-order valence-electron chi connectivity index (χ3n) is 5.02. The number of ether oxygens (including phenoxy) is 1. The Balaban J connectivity index is 1.93. The standard InChI is InChI=1S/C24H31N3O4/c1-4-19(5-2)24(30)27(16-18-9-7-6-8-10-18)17-23(29)25-15-22(28)26-20-11-13-21(31-3)14-12-20/h6-14,19H,4-5,15-17H2,1-3H3,(H,25,29)(H,26,28). The van der Waals surface area contributed by atoms with Gasteiger partial charge in [0.25, 0.3) is 0 Å². The molecule has 0 bridgehead atoms. The highest BCUT2D eigenvalue weighted by Crippen LogP contribution is 2.16. The lowest BCUT2D eigenvalue weighted by atomic mass is 10.0. The smallest absolute Gasteiger partial charge is 0.243 e. The third kappa shape index (κ3) is 7.77. The monoisotopic (exact) mass is 425 g/mol. The summed E-state index contributed by atoms with van der Waals surface area (Å²) in [5.41, 5.74) is 1.56. The SMILES string of the molecule is CCC(CC)C(=O)N(CC(=O)NCC(=O)Nc1ccc(OC)cc1)Cc1ccccc1. The quantitative estimate of drug-likeness (QED) is 0.579. The number of hydrogen-bond donors (Lipinski definition) is 2. The van der Waals surface area contributed by atoms with Crippen LogP contribution in [0.3, 0.4) is 0 Å². The largest absolute Gasteiger partial charge is 0.497 e. The summed E-state index contributed by atoms with van der Waals surface area (Å²) in [6.07, 6.45) is 1.43. The summed E-state index contributed by atoms with van der Waals surface area (Å²) in [6.45, 7) is 4.01. The van der Waals surface area contributed by atoms with Crippen LogP contribution >= 0.6 is 0 Å². The number of benzene rings is 2. The lowest BCUT2D eigenvalue weighted by Crippen LogP contribution is -2.44. The first-order valence-electron chi connectivity index (χ1n) is 10.5. The van der Waals surface area contributed by atoms with E-state index in [4.69, 9.17) is 4.74 Å². The molecule has 0 spiro atoms. The van der Waals surface area contributed by atoms with E-state index in [1.807, 2.05) is 44.2 Å². The van der Waals surface area contributed by atoms with Crippen LogP contribution in [0.2, 0.25) is 0 Å². The molecule has 31 heavy (non-hydrogen) atoms. The minimum absolute atomic E-state index is 0.0494. The molecule has 0 aliphatic heterocycles. The first-order chi connectivity index (χ1) is 15.0. The van der Waals surface area contributed by atoms with Crippen LogP contribution in [0, 0.1) is 5.92 Å². The van der Waals surface area contributed by atoms with Crippen LogP contribution in [0.4, 0.5) is 5.69 Å². The van der Waals surface area contributed by atoms with Gasteiger partial charge in [0, 0.05) is 18.2 Å². The van der Waals surface area contributed by atoms with Gasteiger partial charge in [-0.25, -0.2) is 0 Å². The van der Waals surface area contributed by atoms with E-state index in [1.54, 1.807) is 36.3 Å². The number of nitrogens with one attached hydrogen (secondary N) is 2. The van der Waals surface area contributed by atoms with Gasteiger partial charge in [-0.1, -0.05) is 44.2 Å². The topological polar surface area (TPSA) is 87.7 Å². The Kier molecular flexibility index (Phi) is 9.55. The average Bonchev–Trinajstić information content (AvgIpc) is 2.79. The van der Waals surface area contributed by atoms with Crippen LogP contribution in [0.25, 0.3) is 0 Å². The van der Waals surface area contributed by atoms with Crippen molar-refractivity contribution >= 4 is 23.4 Å². The van der Waals surface area contributed by atoms with E-state index in [9.17, 15) is 14.4 Å². The van der Waals surface area contributed by atoms with Crippen LogP contribution in [0.1, 0.15) is 32.3 Å². The Labute approximate surface area is 183 Å². The van der Waals surface area contributed by atoms with Gasteiger partial charge in [-0.2, -0.15) is 0 Å². The molecule has 2 N–H and O–H groups in total. The number of carbonyl (C=O) groups excluding carboxylic acids is 3. The summed E-state index contributed by atoms with van der Waals surface area (Å²) in [5.74, 6) is -0.215. The van der Waals surface area contributed by atoms with Gasteiger partial charge in [0.05, 0.1) is 20.2 Å². The highest BCUT2D eigenvalue weighted by Gasteiger charge is 2.24. The third-order valence-corrected chi connectivity index (χ3v) is 5.02. The fourth-order valence-electron chi connectivity index (χ4n) is 3.20. The summed E-state index contributed by atoms with van der Waals surface area (Å²) >= 11 is 0. The second-order valence-corrected chi connectivity index (χ2v) is 7.25. The van der Waals surface area contributed by atoms with Crippen LogP contribution < -0.4 is 15.4 Å². The van der Waals surface area contributed by atoms with Crippen LogP contribution in [0.5, 0.6) is 5.75 Å². The minimum Gasteiger partial charge on any atom is -0.497 e. The first-order valence-corrected chi connectivity index (χ1v) is 10.5. The zero-order chi connectivity index (χ0) is 22.6. The average molecular weight is 426 g/mol. The van der Waals surface area contributed by atoms with E-state index in [1.165, 1.54) is 0 Å². The maximum Gasteiger partial charge on any atom is 0.243 e. The molecule has 2 aromatic carbocycles. The Morgan fingerprint density at radius 1 is 0.935 bits per heavy atom. The van der Waals surface area contributed by atoms with Crippen molar-refractivity contribution in [3.8, 4) is 5.75 Å². The Morgan fingerprint density at radius 2 is 1.58 bits per heavy atom. The van der Waals surface area contributed by atoms with Crippen molar-refractivity contribution in [2.24, 2.45) is 5.92 Å². The highest BCUT2D eigenvalue weighted by molar-refractivity contribution is 5.95. The Morgan fingerprint density at radius 3 is 2.16 bits per heavy atom. The lowest BCUT2D eigenvalue weighted by Gasteiger charge is -2.26. The van der Waals surface area contributed by atoms with Crippen molar-refractivity contribution in [3.05, 3.63) is 60.2 Å². The number of hydrogen-bond acceptors (Lipinski definition) is 4. The Hall–Kier alpha value is -3.35. The van der Waals surface area contributed by atoms with Gasteiger partial charge in [-0.3, -0.25) is 14.4 Å². The van der Waals surface area contributed by atoms with Crippen molar-refractivity contribution in [3.63, 3.8) is 0 Å². The second-order valence-electron chi connectivity index (χ2n) is 7.25. The van der Waals surface area contributed by atoms with Gasteiger partial charge >= 0.3 is 0 Å². The molecular formula is C24H31N3O4. The predicted molar refractivity (Wildman–Crippen MR) is 121 cm³/mol. The molecule has 2 aromatic rings. The zero-order valence-electron chi connectivity index (χ0n) is 18.4. The van der Waals surface area contributed by atoms with Gasteiger partial charge in [-0.05, 0) is 42.7 Å². The number of anilines is 1. The van der Waals surface area contributed by atoms with Crippen molar-refractivity contribution in [2.45, 2.75) is 33.2 Å². The fourth-order valence-corrected chi connectivity index (χ4v) is 3.20. The van der Waals surface area contributed by atoms with Crippen molar-refractivity contribution in [1.82, 2.24) is 10.2 Å². The molecule has 7 nitrogen and oxygen atoms in total. The number of methoxy groups -OCH3 is 1. The van der Waals surface area contributed by atoms with E-state index in [-0.39, 0.29) is 36.7 Å². The fraction of sp³-hybridized carbons (Fsp3) is 0.375. The van der Waals surface area contributed by atoms with E-state index in [0.29, 0.717) is 30.8 Å². The molecule has 0 saturated heterocycles. The summed E-state index contributed by atoms with van der Waals surface area (Å²) in [4.78, 5) is 39.1. The lowest BCUT2D eigenvalue weighted by molar-refractivity contribution is -0.140. The molecular weight excluding hydrogens is 394 g/mol. The second kappa shape index (κ2) is 12.4. The maximum atomic E-state index is 12.9. The van der Waals surface area contributed by atoms with Crippen molar-refractivity contribution in [1.29, 1.82) is 0 Å². The summed E-state index contributed by atoms with van der Waals surface area (Å²) in [7, 11) is 1.57. The molecule has 166 valence electrons. The number of carbonyl (C=O) groups is 3. The molecule has 0 aliphatic carbocycles. The molecule has 0 fully saturated rings. The Bertz CT molecular complexity index is 849. The molecule has 0 radical (unpaired) electrons. The molecule has 0 aliphatic rings. The highest BCUT2D eigenvalue weighted by atomic mass is 16.5. The van der Waals surface area contributed by atoms with E-state index < -0.39 is 0 Å². The van der Waals surface area contributed by atoms with Gasteiger partial charge in [-0.15, -0.1) is 0 Å². The predicted octanol–water partition coefficient (Wildman–Crippen LogP) is 3.21. The first kappa shape index (κ1) is 23.9. The normalized spacial score (nSPS) is 10.5. The number of rotatable bonds is 11. The molecule has 0 heterocycles. The molecule has 7 heteroatoms. The van der Waals surface area contributed by atoms with E-state index in [2.05, 4.69) is 10.6 Å². The molecule has 0 unspecified atom stereocenters. The van der Waals surface area contributed by atoms with Crippen LogP contribution in [-0.4, -0.2) is 42.8 Å². The maximum absolute atomic E-state index is 12.9. The van der Waals surface area contributed by atoms with Gasteiger partial charge in [0.15, 0.2) is 0 Å². The van der Waals surface area contributed by atoms with Gasteiger partial charge in [0.1, 0.15) is 5.75 Å². The van der Waals surface area contributed by atoms with Crippen molar-refractivity contribution in [2.75, 3.05) is 25.5 Å². The van der Waals surface area contributed by atoms with Crippen molar-refractivity contribution < 1.29 is 19.1 Å². The van der Waals surface area contributed by atoms with E-state index >= 15 is 0 Å². The molecule has 0 saturated carbocycles. The van der Waals surface area contributed by atoms with Crippen LogP contribution in [-0.2, 0) is 20.9 Å². The van der Waals surface area contributed by atoms with E-state index in [0.717, 1.165) is 5.56 Å². The summed E-state index contributed by atoms with van der Waals surface area (Å²) in [5, 5.41) is 5.31. The van der Waals surface area contributed by atoms with Gasteiger partial charge in [0.2, 0.25) is 17.7 Å². The molecule has 0 atom stereocenters. The van der Waals surface area contributed by atoms with Gasteiger partial charge < -0.3 is 20.3 Å². The summed E-state index contributed by atoms with van der Waals surface area (Å²) in [6, 6.07) is 16.5. The number of nitrogens with zero attached hydrogens (tertiary/aromatic N) is 1.